The number of hydrogen-bond donors (Lipinski definition) is 2. The van der Waals surface area contributed by atoms with Crippen LogP contribution in [0.2, 0.25) is 0 Å². The van der Waals surface area contributed by atoms with Crippen LogP contribution in [0.5, 0.6) is 0 Å². The van der Waals surface area contributed by atoms with E-state index in [0.717, 1.165) is 39.1 Å². The Morgan fingerprint density at radius 3 is 2.35 bits per heavy atom. The predicted octanol–water partition coefficient (Wildman–Crippen LogP) is 0.0646. The summed E-state index contributed by atoms with van der Waals surface area (Å²) < 4.78 is 24.8. The zero-order chi connectivity index (χ0) is 11.1. The average molecular weight is 308 g/mol. The quantitative estimate of drug-likeness (QED) is 0.682. The van der Waals surface area contributed by atoms with Crippen LogP contribution in [0, 0.1) is 0 Å². The Morgan fingerprint density at radius 1 is 1.24 bits per heavy atom. The molecule has 0 radical (unpaired) electrons. The third kappa shape index (κ3) is 9.04. The van der Waals surface area contributed by atoms with E-state index in [1.165, 1.54) is 0 Å². The zero-order valence-electron chi connectivity index (χ0n) is 10.1. The van der Waals surface area contributed by atoms with Gasteiger partial charge in [-0.2, -0.15) is 0 Å². The van der Waals surface area contributed by atoms with Crippen LogP contribution < -0.4 is 10.0 Å². The fraction of sp³-hybridized carbons (Fsp3) is 1.00. The highest BCUT2D eigenvalue weighted by Gasteiger charge is 2.09. The van der Waals surface area contributed by atoms with Crippen molar-refractivity contribution in [1.82, 2.24) is 14.9 Å². The molecular weight excluding hydrogens is 285 g/mol. The zero-order valence-corrected chi connectivity index (χ0v) is 12.6. The molecule has 1 aliphatic heterocycles. The summed E-state index contributed by atoms with van der Waals surface area (Å²) in [7, 11) is -3.00. The summed E-state index contributed by atoms with van der Waals surface area (Å²) in [6.07, 6.45) is 0.888. The molecule has 0 aromatic heterocycles. The monoisotopic (exact) mass is 307 g/mol. The second kappa shape index (κ2) is 10.3. The van der Waals surface area contributed by atoms with Crippen LogP contribution in [0.3, 0.4) is 0 Å². The van der Waals surface area contributed by atoms with Gasteiger partial charge in [-0.05, 0) is 19.9 Å². The van der Waals surface area contributed by atoms with Gasteiger partial charge in [0.25, 0.3) is 0 Å². The molecule has 0 spiro atoms. The number of halogens is 2. The Hall–Kier alpha value is 0.410. The van der Waals surface area contributed by atoms with Crippen molar-refractivity contribution < 1.29 is 8.42 Å². The minimum Gasteiger partial charge on any atom is -0.314 e. The molecule has 0 saturated carbocycles. The minimum absolute atomic E-state index is 0. The predicted molar refractivity (Wildman–Crippen MR) is 75.9 cm³/mol. The number of nitrogens with zero attached hydrogens (tertiary/aromatic N) is 1. The lowest BCUT2D eigenvalue weighted by Gasteiger charge is -2.26. The van der Waals surface area contributed by atoms with Crippen LogP contribution in [0.25, 0.3) is 0 Å². The van der Waals surface area contributed by atoms with Gasteiger partial charge >= 0.3 is 0 Å². The van der Waals surface area contributed by atoms with Crippen LogP contribution in [0.1, 0.15) is 13.3 Å². The van der Waals surface area contributed by atoms with Gasteiger partial charge < -0.3 is 10.2 Å². The lowest BCUT2D eigenvalue weighted by Crippen LogP contribution is -2.44. The standard InChI is InChI=1S/C9H21N3O2S.2ClH/c1-2-15(13,14)11-4-3-7-12-8-5-10-6-9-12;;/h10-11H,2-9H2,1H3;2*1H. The summed E-state index contributed by atoms with van der Waals surface area (Å²) in [6.45, 7) is 7.41. The van der Waals surface area contributed by atoms with Crippen molar-refractivity contribution in [1.29, 1.82) is 0 Å². The summed E-state index contributed by atoms with van der Waals surface area (Å²) in [5, 5.41) is 3.29. The number of piperazine rings is 1. The van der Waals surface area contributed by atoms with E-state index in [1.54, 1.807) is 6.92 Å². The van der Waals surface area contributed by atoms with Gasteiger partial charge in [-0.3, -0.25) is 0 Å². The molecule has 0 bridgehead atoms. The highest BCUT2D eigenvalue weighted by atomic mass is 35.5. The summed E-state index contributed by atoms with van der Waals surface area (Å²) >= 11 is 0. The molecule has 0 atom stereocenters. The first-order chi connectivity index (χ1) is 7.14. The van der Waals surface area contributed by atoms with Crippen LogP contribution in [-0.2, 0) is 10.0 Å². The maximum atomic E-state index is 11.1. The first kappa shape index (κ1) is 19.7. The van der Waals surface area contributed by atoms with Gasteiger partial charge in [0.2, 0.25) is 10.0 Å². The molecule has 8 heteroatoms. The fourth-order valence-electron chi connectivity index (χ4n) is 1.57. The Kier molecular flexibility index (Phi) is 12.0. The SMILES string of the molecule is CCS(=O)(=O)NCCCN1CCNCC1.Cl.Cl. The van der Waals surface area contributed by atoms with Crippen molar-refractivity contribution in [3.8, 4) is 0 Å². The van der Waals surface area contributed by atoms with Crippen molar-refractivity contribution >= 4 is 34.8 Å². The molecule has 0 amide bonds. The van der Waals surface area contributed by atoms with Gasteiger partial charge in [0.15, 0.2) is 0 Å². The first-order valence-electron chi connectivity index (χ1n) is 5.54. The van der Waals surface area contributed by atoms with Gasteiger partial charge in [0, 0.05) is 32.7 Å². The molecule has 1 saturated heterocycles. The Bertz CT molecular complexity index is 269. The smallest absolute Gasteiger partial charge is 0.211 e. The summed E-state index contributed by atoms with van der Waals surface area (Å²) in [5.74, 6) is 0.167. The molecule has 1 heterocycles. The van der Waals surface area contributed by atoms with E-state index >= 15 is 0 Å². The maximum Gasteiger partial charge on any atom is 0.211 e. The highest BCUT2D eigenvalue weighted by Crippen LogP contribution is 1.94. The van der Waals surface area contributed by atoms with E-state index in [4.69, 9.17) is 0 Å². The summed E-state index contributed by atoms with van der Waals surface area (Å²) in [4.78, 5) is 2.36. The normalized spacial score (nSPS) is 17.0. The lowest BCUT2D eigenvalue weighted by molar-refractivity contribution is 0.239. The lowest BCUT2D eigenvalue weighted by atomic mass is 10.3. The molecule has 0 unspecified atom stereocenters. The van der Waals surface area contributed by atoms with Crippen LogP contribution >= 0.6 is 24.8 Å². The van der Waals surface area contributed by atoms with Gasteiger partial charge in [-0.25, -0.2) is 13.1 Å². The molecule has 5 nitrogen and oxygen atoms in total. The molecule has 2 N–H and O–H groups in total. The van der Waals surface area contributed by atoms with Crippen LogP contribution in [0.4, 0.5) is 0 Å². The first-order valence-corrected chi connectivity index (χ1v) is 7.19. The number of nitrogens with one attached hydrogen (secondary N) is 2. The number of rotatable bonds is 6. The molecular formula is C9H23Cl2N3O2S. The molecule has 0 aromatic carbocycles. The molecule has 17 heavy (non-hydrogen) atoms. The Morgan fingerprint density at radius 2 is 1.82 bits per heavy atom. The van der Waals surface area contributed by atoms with Crippen molar-refractivity contribution in [3.63, 3.8) is 0 Å². The molecule has 1 fully saturated rings. The number of hydrogen-bond acceptors (Lipinski definition) is 4. The van der Waals surface area contributed by atoms with E-state index in [9.17, 15) is 8.42 Å². The average Bonchev–Trinajstić information content (AvgIpc) is 2.26. The molecule has 1 rings (SSSR count). The second-order valence-electron chi connectivity index (χ2n) is 3.74. The van der Waals surface area contributed by atoms with Crippen molar-refractivity contribution in [2.75, 3.05) is 45.0 Å². The van der Waals surface area contributed by atoms with E-state index in [-0.39, 0.29) is 30.6 Å². The van der Waals surface area contributed by atoms with Crippen molar-refractivity contribution in [3.05, 3.63) is 0 Å². The van der Waals surface area contributed by atoms with Crippen LogP contribution in [-0.4, -0.2) is 58.3 Å². The van der Waals surface area contributed by atoms with Gasteiger partial charge in [0.1, 0.15) is 0 Å². The molecule has 0 aromatic rings. The topological polar surface area (TPSA) is 61.4 Å². The molecule has 106 valence electrons. The van der Waals surface area contributed by atoms with E-state index < -0.39 is 10.0 Å². The van der Waals surface area contributed by atoms with E-state index in [0.29, 0.717) is 6.54 Å². The third-order valence-electron chi connectivity index (χ3n) is 2.56. The van der Waals surface area contributed by atoms with E-state index in [2.05, 4.69) is 14.9 Å². The third-order valence-corrected chi connectivity index (χ3v) is 3.97. The summed E-state index contributed by atoms with van der Waals surface area (Å²) in [5.41, 5.74) is 0. The van der Waals surface area contributed by atoms with Crippen LogP contribution in [0.15, 0.2) is 0 Å². The Balaban J connectivity index is 0. The summed E-state index contributed by atoms with van der Waals surface area (Å²) in [6, 6.07) is 0. The van der Waals surface area contributed by atoms with Gasteiger partial charge in [-0.1, -0.05) is 0 Å². The second-order valence-corrected chi connectivity index (χ2v) is 5.84. The molecule has 1 aliphatic rings. The van der Waals surface area contributed by atoms with Crippen molar-refractivity contribution in [2.24, 2.45) is 0 Å². The van der Waals surface area contributed by atoms with E-state index in [1.807, 2.05) is 0 Å². The maximum absolute atomic E-state index is 11.1. The van der Waals surface area contributed by atoms with Gasteiger partial charge in [-0.15, -0.1) is 24.8 Å². The molecule has 0 aliphatic carbocycles. The van der Waals surface area contributed by atoms with Crippen molar-refractivity contribution in [2.45, 2.75) is 13.3 Å². The Labute approximate surface area is 117 Å². The minimum atomic E-state index is -3.00. The highest BCUT2D eigenvalue weighted by molar-refractivity contribution is 7.89. The van der Waals surface area contributed by atoms with Gasteiger partial charge in [0.05, 0.1) is 5.75 Å². The largest absolute Gasteiger partial charge is 0.314 e. The fourth-order valence-corrected chi connectivity index (χ4v) is 2.23. The number of sulfonamides is 1.